The molecule has 0 aliphatic rings. The molecule has 0 spiro atoms. The molecule has 0 aliphatic heterocycles. The second-order valence-electron chi connectivity index (χ2n) is 10.3. The number of nitrogens with two attached hydrogens (primary N) is 2. The first-order valence-corrected chi connectivity index (χ1v) is 14.1. The number of hydrazone groups is 1. The molecule has 0 unspecified atom stereocenters. The molecule has 0 fully saturated rings. The summed E-state index contributed by atoms with van der Waals surface area (Å²) in [6.07, 6.45) is 4.97. The second-order valence-corrected chi connectivity index (χ2v) is 10.3. The van der Waals surface area contributed by atoms with Crippen LogP contribution in [0.1, 0.15) is 89.6 Å². The summed E-state index contributed by atoms with van der Waals surface area (Å²) < 4.78 is 18.0. The summed E-state index contributed by atoms with van der Waals surface area (Å²) in [6.45, 7) is 12.7. The fourth-order valence-electron chi connectivity index (χ4n) is 4.56. The summed E-state index contributed by atoms with van der Waals surface area (Å²) >= 11 is 0. The van der Waals surface area contributed by atoms with Crippen LogP contribution in [-0.2, 0) is 4.79 Å². The summed E-state index contributed by atoms with van der Waals surface area (Å²) in [6, 6.07) is 12.7. The van der Waals surface area contributed by atoms with Gasteiger partial charge in [-0.15, -0.1) is 12.4 Å². The zero-order chi connectivity index (χ0) is 29.7. The molecular formula is C31H47ClN4O5. The van der Waals surface area contributed by atoms with Gasteiger partial charge in [-0.25, -0.2) is 0 Å². The van der Waals surface area contributed by atoms with Crippen molar-refractivity contribution in [3.63, 3.8) is 0 Å². The predicted molar refractivity (Wildman–Crippen MR) is 166 cm³/mol. The van der Waals surface area contributed by atoms with Gasteiger partial charge in [-0.1, -0.05) is 13.8 Å². The van der Waals surface area contributed by atoms with E-state index in [0.717, 1.165) is 30.6 Å². The number of ether oxygens (including phenoxy) is 3. The van der Waals surface area contributed by atoms with Crippen molar-refractivity contribution in [1.29, 1.82) is 0 Å². The summed E-state index contributed by atoms with van der Waals surface area (Å²) in [7, 11) is 0. The quantitative estimate of drug-likeness (QED) is 0.105. The van der Waals surface area contributed by atoms with Crippen LogP contribution in [0.5, 0.6) is 17.2 Å². The molecule has 228 valence electrons. The molecule has 0 aromatic heterocycles. The van der Waals surface area contributed by atoms with Crippen molar-refractivity contribution in [2.45, 2.75) is 91.3 Å². The highest BCUT2D eigenvalue weighted by Crippen LogP contribution is 2.33. The van der Waals surface area contributed by atoms with E-state index in [9.17, 15) is 9.59 Å². The molecule has 2 amide bonds. The number of halogens is 1. The standard InChI is InChI=1S/C31H46N4O5.ClH/c1-7-31(8-2,30(32)37)40-28-20-26(16-17-27(28)29(36)35(22(3)4)23(5)6)39-19-11-9-10-18-38-25-14-12-24(13-15-25)21-34-33;/h12-17,20-23H,7-11,18-19,33H2,1-6H3,(H2,32,37);1H. The van der Waals surface area contributed by atoms with Crippen LogP contribution < -0.4 is 25.8 Å². The lowest BCUT2D eigenvalue weighted by molar-refractivity contribution is -0.134. The third-order valence-corrected chi connectivity index (χ3v) is 6.86. The molecule has 0 saturated heterocycles. The smallest absolute Gasteiger partial charge is 0.261 e. The van der Waals surface area contributed by atoms with Crippen molar-refractivity contribution >= 4 is 30.4 Å². The molecule has 0 saturated carbocycles. The molecule has 9 nitrogen and oxygen atoms in total. The van der Waals surface area contributed by atoms with Crippen LogP contribution in [0.3, 0.4) is 0 Å². The van der Waals surface area contributed by atoms with E-state index < -0.39 is 11.5 Å². The molecule has 0 bridgehead atoms. The van der Waals surface area contributed by atoms with Crippen LogP contribution in [0, 0.1) is 0 Å². The highest BCUT2D eigenvalue weighted by atomic mass is 35.5. The largest absolute Gasteiger partial charge is 0.494 e. The number of unbranched alkanes of at least 4 members (excludes halogenated alkanes) is 2. The van der Waals surface area contributed by atoms with Gasteiger partial charge < -0.3 is 30.7 Å². The number of benzene rings is 2. The predicted octanol–water partition coefficient (Wildman–Crippen LogP) is 5.71. The van der Waals surface area contributed by atoms with Crippen molar-refractivity contribution in [1.82, 2.24) is 4.90 Å². The summed E-state index contributed by atoms with van der Waals surface area (Å²) in [5, 5.41) is 3.51. The first kappa shape index (κ1) is 35.6. The summed E-state index contributed by atoms with van der Waals surface area (Å²) in [5.41, 5.74) is 5.82. The van der Waals surface area contributed by atoms with E-state index in [1.54, 1.807) is 29.3 Å². The summed E-state index contributed by atoms with van der Waals surface area (Å²) in [4.78, 5) is 27.7. The Morgan fingerprint density at radius 3 is 1.93 bits per heavy atom. The van der Waals surface area contributed by atoms with Crippen LogP contribution >= 0.6 is 12.4 Å². The topological polar surface area (TPSA) is 129 Å². The Morgan fingerprint density at radius 2 is 1.44 bits per heavy atom. The number of hydrogen-bond donors (Lipinski definition) is 2. The average Bonchev–Trinajstić information content (AvgIpc) is 2.91. The lowest BCUT2D eigenvalue weighted by Gasteiger charge is -2.33. The highest BCUT2D eigenvalue weighted by molar-refractivity contribution is 5.98. The van der Waals surface area contributed by atoms with E-state index in [4.69, 9.17) is 25.8 Å². The lowest BCUT2D eigenvalue weighted by atomic mass is 9.96. The van der Waals surface area contributed by atoms with Crippen LogP contribution in [0.2, 0.25) is 0 Å². The molecule has 0 aliphatic carbocycles. The number of carbonyl (C=O) groups is 2. The first-order valence-electron chi connectivity index (χ1n) is 14.1. The Kier molecular flexibility index (Phi) is 15.1. The number of rotatable bonds is 17. The minimum Gasteiger partial charge on any atom is -0.494 e. The average molecular weight is 591 g/mol. The molecule has 2 rings (SSSR count). The third-order valence-electron chi connectivity index (χ3n) is 6.86. The molecule has 0 heterocycles. The number of hydrogen-bond acceptors (Lipinski definition) is 7. The molecular weight excluding hydrogens is 544 g/mol. The number of nitrogens with zero attached hydrogens (tertiary/aromatic N) is 2. The Labute approximate surface area is 251 Å². The number of carbonyl (C=O) groups excluding carboxylic acids is 2. The molecule has 10 heteroatoms. The second kappa shape index (κ2) is 17.4. The van der Waals surface area contributed by atoms with E-state index in [-0.39, 0.29) is 30.4 Å². The van der Waals surface area contributed by atoms with Crippen LogP contribution in [0.25, 0.3) is 0 Å². The zero-order valence-electron chi connectivity index (χ0n) is 25.2. The highest BCUT2D eigenvalue weighted by Gasteiger charge is 2.37. The maximum absolute atomic E-state index is 13.6. The zero-order valence-corrected chi connectivity index (χ0v) is 26.0. The van der Waals surface area contributed by atoms with E-state index in [1.807, 2.05) is 65.8 Å². The molecule has 2 aromatic rings. The monoisotopic (exact) mass is 590 g/mol. The van der Waals surface area contributed by atoms with Gasteiger partial charge >= 0.3 is 0 Å². The van der Waals surface area contributed by atoms with Crippen molar-refractivity contribution in [3.8, 4) is 17.2 Å². The van der Waals surface area contributed by atoms with Crippen molar-refractivity contribution < 1.29 is 23.8 Å². The van der Waals surface area contributed by atoms with Gasteiger partial charge in [0.25, 0.3) is 11.8 Å². The molecule has 0 radical (unpaired) electrons. The van der Waals surface area contributed by atoms with Gasteiger partial charge in [-0.05, 0) is 102 Å². The third kappa shape index (κ3) is 10.1. The summed E-state index contributed by atoms with van der Waals surface area (Å²) in [5.74, 6) is 6.10. The maximum atomic E-state index is 13.6. The van der Waals surface area contributed by atoms with Crippen molar-refractivity contribution in [2.75, 3.05) is 13.2 Å². The lowest BCUT2D eigenvalue weighted by Crippen LogP contribution is -2.48. The molecule has 41 heavy (non-hydrogen) atoms. The van der Waals surface area contributed by atoms with E-state index >= 15 is 0 Å². The maximum Gasteiger partial charge on any atom is 0.261 e. The normalized spacial score (nSPS) is 11.4. The van der Waals surface area contributed by atoms with Crippen LogP contribution in [0.4, 0.5) is 0 Å². The fraction of sp³-hybridized carbons (Fsp3) is 0.516. The van der Waals surface area contributed by atoms with Gasteiger partial charge in [-0.2, -0.15) is 5.10 Å². The van der Waals surface area contributed by atoms with E-state index in [1.165, 1.54) is 0 Å². The fourth-order valence-corrected chi connectivity index (χ4v) is 4.56. The van der Waals surface area contributed by atoms with Gasteiger partial charge in [0.15, 0.2) is 5.60 Å². The van der Waals surface area contributed by atoms with E-state index in [0.29, 0.717) is 43.1 Å². The Hall–Kier alpha value is -3.46. The minimum atomic E-state index is -1.22. The van der Waals surface area contributed by atoms with Gasteiger partial charge in [-0.3, -0.25) is 9.59 Å². The van der Waals surface area contributed by atoms with Gasteiger partial charge in [0, 0.05) is 18.2 Å². The number of primary amides is 1. The van der Waals surface area contributed by atoms with Gasteiger partial charge in [0.05, 0.1) is 25.0 Å². The Bertz CT molecular complexity index is 1110. The van der Waals surface area contributed by atoms with Crippen molar-refractivity contribution in [2.24, 2.45) is 16.7 Å². The van der Waals surface area contributed by atoms with Gasteiger partial charge in [0.2, 0.25) is 0 Å². The Morgan fingerprint density at radius 1 is 0.902 bits per heavy atom. The van der Waals surface area contributed by atoms with Crippen LogP contribution in [-0.4, -0.2) is 53.8 Å². The minimum absolute atomic E-state index is 0. The molecule has 0 atom stereocenters. The van der Waals surface area contributed by atoms with Crippen molar-refractivity contribution in [3.05, 3.63) is 53.6 Å². The van der Waals surface area contributed by atoms with Gasteiger partial charge in [0.1, 0.15) is 17.2 Å². The van der Waals surface area contributed by atoms with Crippen LogP contribution in [0.15, 0.2) is 47.6 Å². The van der Waals surface area contributed by atoms with E-state index in [2.05, 4.69) is 5.10 Å². The molecule has 4 N–H and O–H groups in total. The molecule has 2 aromatic carbocycles. The number of amides is 2. The first-order chi connectivity index (χ1) is 19.1. The SMILES string of the molecule is CCC(CC)(Oc1cc(OCCCCCOc2ccc(C=NN)cc2)ccc1C(=O)N(C(C)C)C(C)C)C(N)=O.Cl. The Balaban J connectivity index is 0.00000840.